The maximum Gasteiger partial charge on any atom is 0.237 e. The normalized spacial score (nSPS) is 35.4. The molecule has 1 rings (SSSR count). The van der Waals surface area contributed by atoms with Gasteiger partial charge in [-0.1, -0.05) is 26.2 Å². The van der Waals surface area contributed by atoms with E-state index in [-0.39, 0.29) is 5.91 Å². The third-order valence-electron chi connectivity index (χ3n) is 3.30. The summed E-state index contributed by atoms with van der Waals surface area (Å²) in [6, 6.07) is 0. The van der Waals surface area contributed by atoms with Crippen LogP contribution in [0.15, 0.2) is 0 Å². The highest BCUT2D eigenvalue weighted by Crippen LogP contribution is 2.30. The third kappa shape index (κ3) is 2.44. The Morgan fingerprint density at radius 1 is 1.46 bits per heavy atom. The summed E-state index contributed by atoms with van der Waals surface area (Å²) in [5.74, 6) is 0.411. The van der Waals surface area contributed by atoms with Crippen molar-refractivity contribution in [2.45, 2.75) is 51.0 Å². The molecule has 1 aliphatic rings. The summed E-state index contributed by atoms with van der Waals surface area (Å²) in [6.45, 7) is 2.19. The van der Waals surface area contributed by atoms with Crippen LogP contribution in [-0.4, -0.2) is 11.4 Å². The number of nitrogens with two attached hydrogens (primary N) is 2. The van der Waals surface area contributed by atoms with E-state index >= 15 is 0 Å². The fourth-order valence-corrected chi connectivity index (χ4v) is 2.09. The van der Waals surface area contributed by atoms with Crippen molar-refractivity contribution in [2.75, 3.05) is 0 Å². The Labute approximate surface area is 79.9 Å². The molecule has 0 aliphatic heterocycles. The van der Waals surface area contributed by atoms with Crippen molar-refractivity contribution in [1.29, 1.82) is 0 Å². The maximum atomic E-state index is 11.1. The first kappa shape index (κ1) is 10.5. The van der Waals surface area contributed by atoms with Crippen molar-refractivity contribution < 1.29 is 4.79 Å². The van der Waals surface area contributed by atoms with Crippen LogP contribution < -0.4 is 11.5 Å². The Morgan fingerprint density at radius 2 is 2.15 bits per heavy atom. The quantitative estimate of drug-likeness (QED) is 0.632. The smallest absolute Gasteiger partial charge is 0.237 e. The molecule has 3 nitrogen and oxygen atoms in total. The molecule has 0 spiro atoms. The number of hydrogen-bond donors (Lipinski definition) is 2. The Morgan fingerprint density at radius 3 is 2.69 bits per heavy atom. The molecular formula is C10H20N2O. The molecule has 0 aromatic rings. The van der Waals surface area contributed by atoms with E-state index in [2.05, 4.69) is 6.92 Å². The highest BCUT2D eigenvalue weighted by atomic mass is 16.1. The van der Waals surface area contributed by atoms with Crippen LogP contribution >= 0.6 is 0 Å². The van der Waals surface area contributed by atoms with Gasteiger partial charge in [0.05, 0.1) is 5.54 Å². The van der Waals surface area contributed by atoms with Gasteiger partial charge in [-0.15, -0.1) is 0 Å². The molecule has 0 aromatic carbocycles. The lowest BCUT2D eigenvalue weighted by Gasteiger charge is -2.23. The molecule has 0 saturated heterocycles. The fourth-order valence-electron chi connectivity index (χ4n) is 2.09. The number of carbonyl (C=O) groups excluding carboxylic acids is 1. The minimum absolute atomic E-state index is 0.329. The molecule has 2 atom stereocenters. The molecule has 0 heterocycles. The van der Waals surface area contributed by atoms with Gasteiger partial charge in [0.25, 0.3) is 0 Å². The van der Waals surface area contributed by atoms with Crippen LogP contribution in [0.25, 0.3) is 0 Å². The summed E-state index contributed by atoms with van der Waals surface area (Å²) in [6.07, 6.45) is 6.01. The molecule has 1 fully saturated rings. The summed E-state index contributed by atoms with van der Waals surface area (Å²) in [7, 11) is 0. The van der Waals surface area contributed by atoms with E-state index in [1.807, 2.05) is 0 Å². The molecule has 1 saturated carbocycles. The number of primary amides is 1. The van der Waals surface area contributed by atoms with Crippen molar-refractivity contribution in [1.82, 2.24) is 0 Å². The first-order valence-corrected chi connectivity index (χ1v) is 5.17. The summed E-state index contributed by atoms with van der Waals surface area (Å²) in [5.41, 5.74) is 10.5. The summed E-state index contributed by atoms with van der Waals surface area (Å²) >= 11 is 0. The summed E-state index contributed by atoms with van der Waals surface area (Å²) in [4.78, 5) is 11.1. The van der Waals surface area contributed by atoms with Gasteiger partial charge in [0.2, 0.25) is 5.91 Å². The number of amides is 1. The van der Waals surface area contributed by atoms with Crippen LogP contribution in [0.5, 0.6) is 0 Å². The first-order valence-electron chi connectivity index (χ1n) is 5.17. The largest absolute Gasteiger partial charge is 0.368 e. The minimum atomic E-state index is -0.718. The van der Waals surface area contributed by atoms with Crippen LogP contribution in [0.3, 0.4) is 0 Å². The van der Waals surface area contributed by atoms with Gasteiger partial charge < -0.3 is 11.5 Å². The number of rotatable bonds is 2. The highest BCUT2D eigenvalue weighted by Gasteiger charge is 2.33. The minimum Gasteiger partial charge on any atom is -0.368 e. The molecule has 0 bridgehead atoms. The van der Waals surface area contributed by atoms with Gasteiger partial charge in [-0.2, -0.15) is 0 Å². The Balaban J connectivity index is 2.58. The van der Waals surface area contributed by atoms with Gasteiger partial charge in [-0.25, -0.2) is 0 Å². The fraction of sp³-hybridized carbons (Fsp3) is 0.900. The number of carbonyl (C=O) groups is 1. The van der Waals surface area contributed by atoms with Crippen LogP contribution in [-0.2, 0) is 4.79 Å². The summed E-state index contributed by atoms with van der Waals surface area (Å²) < 4.78 is 0. The van der Waals surface area contributed by atoms with Gasteiger partial charge in [0, 0.05) is 0 Å². The second-order valence-electron chi connectivity index (χ2n) is 4.23. The average Bonchev–Trinajstić information content (AvgIpc) is 2.28. The van der Waals surface area contributed by atoms with Crippen LogP contribution in [0, 0.1) is 5.92 Å². The lowest BCUT2D eigenvalue weighted by atomic mass is 9.90. The average molecular weight is 184 g/mol. The lowest BCUT2D eigenvalue weighted by Crippen LogP contribution is -2.51. The zero-order chi connectivity index (χ0) is 9.90. The molecule has 1 aliphatic carbocycles. The van der Waals surface area contributed by atoms with Crippen molar-refractivity contribution >= 4 is 5.91 Å². The predicted molar refractivity (Wildman–Crippen MR) is 53.0 cm³/mol. The van der Waals surface area contributed by atoms with Gasteiger partial charge in [0.15, 0.2) is 0 Å². The Hall–Kier alpha value is -0.570. The molecule has 4 N–H and O–H groups in total. The van der Waals surface area contributed by atoms with Crippen molar-refractivity contribution in [3.63, 3.8) is 0 Å². The first-order chi connectivity index (χ1) is 6.08. The Bertz CT molecular complexity index is 193. The molecular weight excluding hydrogens is 164 g/mol. The van der Waals surface area contributed by atoms with Crippen LogP contribution in [0.1, 0.15) is 45.4 Å². The van der Waals surface area contributed by atoms with Crippen LogP contribution in [0.2, 0.25) is 0 Å². The second kappa shape index (κ2) is 4.09. The monoisotopic (exact) mass is 184 g/mol. The Kier molecular flexibility index (Phi) is 3.31. The zero-order valence-electron chi connectivity index (χ0n) is 8.38. The van der Waals surface area contributed by atoms with E-state index in [9.17, 15) is 4.79 Å². The maximum absolute atomic E-state index is 11.1. The second-order valence-corrected chi connectivity index (χ2v) is 4.23. The standard InChI is InChI=1S/C10H20N2O/c1-2-8-4-3-6-10(12,7-5-8)9(11)13/h8H,2-7,12H2,1H3,(H2,11,13). The molecule has 2 unspecified atom stereocenters. The zero-order valence-corrected chi connectivity index (χ0v) is 8.38. The van der Waals surface area contributed by atoms with E-state index in [0.717, 1.165) is 31.6 Å². The van der Waals surface area contributed by atoms with Gasteiger partial charge >= 0.3 is 0 Å². The summed E-state index contributed by atoms with van der Waals surface area (Å²) in [5, 5.41) is 0. The van der Waals surface area contributed by atoms with Crippen molar-refractivity contribution in [3.05, 3.63) is 0 Å². The molecule has 1 amide bonds. The predicted octanol–water partition coefficient (Wildman–Crippen LogP) is 1.16. The number of hydrogen-bond acceptors (Lipinski definition) is 2. The third-order valence-corrected chi connectivity index (χ3v) is 3.30. The van der Waals surface area contributed by atoms with Gasteiger partial charge in [-0.05, 0) is 25.2 Å². The van der Waals surface area contributed by atoms with E-state index in [1.54, 1.807) is 0 Å². The van der Waals surface area contributed by atoms with Crippen molar-refractivity contribution in [2.24, 2.45) is 17.4 Å². The van der Waals surface area contributed by atoms with E-state index in [4.69, 9.17) is 11.5 Å². The van der Waals surface area contributed by atoms with Gasteiger partial charge in [-0.3, -0.25) is 4.79 Å². The highest BCUT2D eigenvalue weighted by molar-refractivity contribution is 5.84. The topological polar surface area (TPSA) is 69.1 Å². The van der Waals surface area contributed by atoms with Crippen LogP contribution in [0.4, 0.5) is 0 Å². The van der Waals surface area contributed by atoms with Crippen molar-refractivity contribution in [3.8, 4) is 0 Å². The van der Waals surface area contributed by atoms with E-state index in [1.165, 1.54) is 12.8 Å². The molecule has 3 heteroatoms. The molecule has 13 heavy (non-hydrogen) atoms. The lowest BCUT2D eigenvalue weighted by molar-refractivity contribution is -0.123. The van der Waals surface area contributed by atoms with E-state index < -0.39 is 5.54 Å². The van der Waals surface area contributed by atoms with Gasteiger partial charge in [0.1, 0.15) is 0 Å². The molecule has 76 valence electrons. The molecule has 0 aromatic heterocycles. The van der Waals surface area contributed by atoms with E-state index in [0.29, 0.717) is 0 Å². The molecule has 0 radical (unpaired) electrons. The SMILES string of the molecule is CCC1CCCC(N)(C(N)=O)CC1.